The zero-order valence-electron chi connectivity index (χ0n) is 10.6. The Kier molecular flexibility index (Phi) is 2.63. The van der Waals surface area contributed by atoms with E-state index in [1.54, 1.807) is 24.3 Å². The lowest BCUT2D eigenvalue weighted by molar-refractivity contribution is -0.126. The second kappa shape index (κ2) is 4.19. The first-order chi connectivity index (χ1) is 9.09. The summed E-state index contributed by atoms with van der Waals surface area (Å²) in [6, 6.07) is 14.5. The molecule has 2 aromatic carbocycles. The van der Waals surface area contributed by atoms with Gasteiger partial charge in [0.05, 0.1) is 0 Å². The van der Waals surface area contributed by atoms with Crippen molar-refractivity contribution in [2.24, 2.45) is 0 Å². The van der Waals surface area contributed by atoms with Gasteiger partial charge in [-0.15, -0.1) is 0 Å². The molecular formula is C16H14FNO. The standard InChI is InChI=1S/C16H14FNO/c1-11-6-8-12(9-7-11)10-16(17)13-4-2-3-5-14(13)18-15(16)19/h2-9H,10H2,1H3,(H,18,19). The van der Waals surface area contributed by atoms with Crippen LogP contribution in [-0.2, 0) is 16.9 Å². The van der Waals surface area contributed by atoms with Gasteiger partial charge in [-0.2, -0.15) is 0 Å². The number of carbonyl (C=O) groups is 1. The zero-order chi connectivity index (χ0) is 13.5. The molecular weight excluding hydrogens is 241 g/mol. The summed E-state index contributed by atoms with van der Waals surface area (Å²) in [7, 11) is 0. The van der Waals surface area contributed by atoms with E-state index in [0.717, 1.165) is 11.1 Å². The van der Waals surface area contributed by atoms with Crippen LogP contribution in [0.15, 0.2) is 48.5 Å². The lowest BCUT2D eigenvalue weighted by Crippen LogP contribution is -2.31. The smallest absolute Gasteiger partial charge is 0.267 e. The van der Waals surface area contributed by atoms with Crippen molar-refractivity contribution in [2.45, 2.75) is 19.0 Å². The number of amides is 1. The number of halogens is 1. The minimum atomic E-state index is -1.97. The summed E-state index contributed by atoms with van der Waals surface area (Å²) in [6.45, 7) is 1.98. The van der Waals surface area contributed by atoms with Crippen LogP contribution in [0.3, 0.4) is 0 Å². The van der Waals surface area contributed by atoms with E-state index >= 15 is 4.39 Å². The average Bonchev–Trinajstić information content (AvgIpc) is 2.65. The molecule has 1 heterocycles. The van der Waals surface area contributed by atoms with E-state index in [0.29, 0.717) is 11.3 Å². The number of hydrogen-bond donors (Lipinski definition) is 1. The van der Waals surface area contributed by atoms with Gasteiger partial charge in [-0.05, 0) is 18.6 Å². The fourth-order valence-corrected chi connectivity index (χ4v) is 2.44. The zero-order valence-corrected chi connectivity index (χ0v) is 10.6. The van der Waals surface area contributed by atoms with Crippen LogP contribution >= 0.6 is 0 Å². The molecule has 0 radical (unpaired) electrons. The number of fused-ring (bicyclic) bond motifs is 1. The molecule has 0 aromatic heterocycles. The Hall–Kier alpha value is -2.16. The second-order valence-electron chi connectivity index (χ2n) is 4.96. The van der Waals surface area contributed by atoms with Gasteiger partial charge in [0, 0.05) is 17.7 Å². The number of nitrogens with one attached hydrogen (secondary N) is 1. The van der Waals surface area contributed by atoms with Crippen molar-refractivity contribution in [1.82, 2.24) is 0 Å². The molecule has 96 valence electrons. The molecule has 2 aromatic rings. The van der Waals surface area contributed by atoms with Gasteiger partial charge in [0.25, 0.3) is 5.91 Å². The highest BCUT2D eigenvalue weighted by atomic mass is 19.1. The Balaban J connectivity index is 1.99. The van der Waals surface area contributed by atoms with Gasteiger partial charge >= 0.3 is 0 Å². The quantitative estimate of drug-likeness (QED) is 0.876. The van der Waals surface area contributed by atoms with Crippen LogP contribution in [-0.4, -0.2) is 5.91 Å². The van der Waals surface area contributed by atoms with E-state index in [9.17, 15) is 4.79 Å². The highest BCUT2D eigenvalue weighted by molar-refractivity contribution is 6.05. The fraction of sp³-hybridized carbons (Fsp3) is 0.188. The molecule has 1 unspecified atom stereocenters. The summed E-state index contributed by atoms with van der Waals surface area (Å²) >= 11 is 0. The molecule has 1 N–H and O–H groups in total. The number of aryl methyl sites for hydroxylation is 1. The molecule has 3 rings (SSSR count). The van der Waals surface area contributed by atoms with E-state index in [2.05, 4.69) is 5.32 Å². The maximum absolute atomic E-state index is 15.1. The van der Waals surface area contributed by atoms with E-state index in [-0.39, 0.29) is 6.42 Å². The molecule has 0 saturated heterocycles. The van der Waals surface area contributed by atoms with Crippen LogP contribution in [0.4, 0.5) is 10.1 Å². The van der Waals surface area contributed by atoms with Crippen molar-refractivity contribution in [3.8, 4) is 0 Å². The van der Waals surface area contributed by atoms with E-state index in [1.165, 1.54) is 0 Å². The molecule has 1 aliphatic heterocycles. The van der Waals surface area contributed by atoms with E-state index in [4.69, 9.17) is 0 Å². The van der Waals surface area contributed by atoms with Crippen LogP contribution in [0.25, 0.3) is 0 Å². The normalized spacial score (nSPS) is 21.1. The summed E-state index contributed by atoms with van der Waals surface area (Å²) in [5.74, 6) is -0.575. The van der Waals surface area contributed by atoms with Gasteiger partial charge in [0.1, 0.15) is 0 Å². The molecule has 3 heteroatoms. The number of anilines is 1. The Morgan fingerprint density at radius 3 is 2.53 bits per heavy atom. The summed E-state index contributed by atoms with van der Waals surface area (Å²) in [6.07, 6.45) is 0.0656. The minimum absolute atomic E-state index is 0.0656. The molecule has 0 aliphatic carbocycles. The van der Waals surface area contributed by atoms with E-state index in [1.807, 2.05) is 31.2 Å². The van der Waals surface area contributed by atoms with Crippen molar-refractivity contribution in [1.29, 1.82) is 0 Å². The fourth-order valence-electron chi connectivity index (χ4n) is 2.44. The minimum Gasteiger partial charge on any atom is -0.323 e. The summed E-state index contributed by atoms with van der Waals surface area (Å²) in [4.78, 5) is 11.9. The average molecular weight is 255 g/mol. The molecule has 0 saturated carbocycles. The topological polar surface area (TPSA) is 29.1 Å². The first-order valence-corrected chi connectivity index (χ1v) is 6.25. The first-order valence-electron chi connectivity index (χ1n) is 6.25. The number of carbonyl (C=O) groups excluding carboxylic acids is 1. The summed E-state index contributed by atoms with van der Waals surface area (Å²) < 4.78 is 15.1. The molecule has 19 heavy (non-hydrogen) atoms. The highest BCUT2D eigenvalue weighted by Crippen LogP contribution is 2.41. The summed E-state index contributed by atoms with van der Waals surface area (Å²) in [5.41, 5.74) is 0.974. The third-order valence-electron chi connectivity index (χ3n) is 3.53. The number of alkyl halides is 1. The second-order valence-corrected chi connectivity index (χ2v) is 4.96. The van der Waals surface area contributed by atoms with Crippen molar-refractivity contribution in [3.63, 3.8) is 0 Å². The van der Waals surface area contributed by atoms with Gasteiger partial charge in [-0.3, -0.25) is 4.79 Å². The molecule has 0 fully saturated rings. The van der Waals surface area contributed by atoms with Crippen LogP contribution in [0.5, 0.6) is 0 Å². The molecule has 1 amide bonds. The van der Waals surface area contributed by atoms with Crippen molar-refractivity contribution in [2.75, 3.05) is 5.32 Å². The molecule has 0 spiro atoms. The van der Waals surface area contributed by atoms with Gasteiger partial charge in [-0.1, -0.05) is 48.0 Å². The lowest BCUT2D eigenvalue weighted by atomic mass is 9.90. The third-order valence-corrected chi connectivity index (χ3v) is 3.53. The summed E-state index contributed by atoms with van der Waals surface area (Å²) in [5, 5.41) is 2.61. The first kappa shape index (κ1) is 11.9. The van der Waals surface area contributed by atoms with Gasteiger partial charge in [0.15, 0.2) is 0 Å². The van der Waals surface area contributed by atoms with Crippen LogP contribution in [0.1, 0.15) is 16.7 Å². The Labute approximate surface area is 111 Å². The van der Waals surface area contributed by atoms with Crippen LogP contribution < -0.4 is 5.32 Å². The van der Waals surface area contributed by atoms with Gasteiger partial charge < -0.3 is 5.32 Å². The molecule has 0 bridgehead atoms. The third kappa shape index (κ3) is 1.91. The van der Waals surface area contributed by atoms with Crippen molar-refractivity contribution >= 4 is 11.6 Å². The Morgan fingerprint density at radius 2 is 1.79 bits per heavy atom. The maximum Gasteiger partial charge on any atom is 0.267 e. The van der Waals surface area contributed by atoms with Crippen molar-refractivity contribution in [3.05, 3.63) is 65.2 Å². The monoisotopic (exact) mass is 255 g/mol. The van der Waals surface area contributed by atoms with E-state index < -0.39 is 11.6 Å². The Bertz CT molecular complexity index is 635. The largest absolute Gasteiger partial charge is 0.323 e. The molecule has 2 nitrogen and oxygen atoms in total. The lowest BCUT2D eigenvalue weighted by Gasteiger charge is -2.18. The number of hydrogen-bond acceptors (Lipinski definition) is 1. The van der Waals surface area contributed by atoms with Gasteiger partial charge in [-0.25, -0.2) is 4.39 Å². The highest BCUT2D eigenvalue weighted by Gasteiger charge is 2.47. The maximum atomic E-state index is 15.1. The SMILES string of the molecule is Cc1ccc(CC2(F)C(=O)Nc3ccccc32)cc1. The van der Waals surface area contributed by atoms with Crippen molar-refractivity contribution < 1.29 is 9.18 Å². The molecule has 1 aliphatic rings. The predicted molar refractivity (Wildman–Crippen MR) is 72.7 cm³/mol. The number of rotatable bonds is 2. The van der Waals surface area contributed by atoms with Gasteiger partial charge in [0.2, 0.25) is 5.67 Å². The predicted octanol–water partition coefficient (Wildman–Crippen LogP) is 3.35. The van der Waals surface area contributed by atoms with Crippen LogP contribution in [0, 0.1) is 6.92 Å². The number of para-hydroxylation sites is 1. The number of benzene rings is 2. The van der Waals surface area contributed by atoms with Crippen LogP contribution in [0.2, 0.25) is 0 Å². The Morgan fingerprint density at radius 1 is 1.11 bits per heavy atom. The molecule has 1 atom stereocenters.